The van der Waals surface area contributed by atoms with E-state index >= 15 is 0 Å². The average molecular weight is 281 g/mol. The van der Waals surface area contributed by atoms with Gasteiger partial charge < -0.3 is 10.6 Å². The lowest BCUT2D eigenvalue weighted by Crippen LogP contribution is -2.24. The van der Waals surface area contributed by atoms with Crippen LogP contribution in [0, 0.1) is 0 Å². The average Bonchev–Trinajstić information content (AvgIpc) is 2.76. The van der Waals surface area contributed by atoms with E-state index in [9.17, 15) is 4.79 Å². The van der Waals surface area contributed by atoms with Crippen LogP contribution in [-0.4, -0.2) is 23.5 Å². The molecule has 1 aromatic rings. The van der Waals surface area contributed by atoms with E-state index in [-0.39, 0.29) is 5.91 Å². The van der Waals surface area contributed by atoms with Crippen LogP contribution in [0.15, 0.2) is 0 Å². The number of thiazole rings is 1. The van der Waals surface area contributed by atoms with Gasteiger partial charge in [0.25, 0.3) is 0 Å². The van der Waals surface area contributed by atoms with Gasteiger partial charge in [0.1, 0.15) is 0 Å². The zero-order valence-corrected chi connectivity index (χ0v) is 12.6. The van der Waals surface area contributed by atoms with Gasteiger partial charge in [-0.05, 0) is 38.6 Å². The molecule has 19 heavy (non-hydrogen) atoms. The minimum atomic E-state index is 0.0802. The van der Waals surface area contributed by atoms with Crippen LogP contribution in [0.25, 0.3) is 0 Å². The molecule has 1 aliphatic carbocycles. The van der Waals surface area contributed by atoms with Crippen LogP contribution in [0.2, 0.25) is 0 Å². The van der Waals surface area contributed by atoms with Crippen molar-refractivity contribution in [3.8, 4) is 0 Å². The molecule has 5 heteroatoms. The Morgan fingerprint density at radius 3 is 2.89 bits per heavy atom. The summed E-state index contributed by atoms with van der Waals surface area (Å²) in [5, 5.41) is 7.03. The smallest absolute Gasteiger partial charge is 0.226 e. The zero-order valence-electron chi connectivity index (χ0n) is 11.8. The fraction of sp³-hybridized carbons (Fsp3) is 0.714. The highest BCUT2D eigenvalue weighted by molar-refractivity contribution is 7.15. The molecule has 4 nitrogen and oxygen atoms in total. The molecule has 0 spiro atoms. The van der Waals surface area contributed by atoms with Crippen LogP contribution >= 0.6 is 11.3 Å². The number of amides is 1. The maximum absolute atomic E-state index is 11.8. The lowest BCUT2D eigenvalue weighted by Gasteiger charge is -2.07. The first-order valence-electron chi connectivity index (χ1n) is 7.17. The zero-order chi connectivity index (χ0) is 13.7. The highest BCUT2D eigenvalue weighted by Crippen LogP contribution is 2.29. The summed E-state index contributed by atoms with van der Waals surface area (Å²) in [6.45, 7) is 5.11. The predicted octanol–water partition coefficient (Wildman–Crippen LogP) is 2.74. The number of carbonyl (C=O) groups excluding carboxylic acids is 1. The number of nitrogens with zero attached hydrogens (tertiary/aromatic N) is 1. The van der Waals surface area contributed by atoms with Crippen LogP contribution < -0.4 is 10.6 Å². The number of fused-ring (bicyclic) bond motifs is 1. The quantitative estimate of drug-likeness (QED) is 0.788. The lowest BCUT2D eigenvalue weighted by molar-refractivity contribution is -0.116. The second kappa shape index (κ2) is 7.01. The number of nitrogens with one attached hydrogen (secondary N) is 2. The standard InChI is InChI=1S/C14H23N3OS/c1-10(2)15-9-5-8-13(18)17-14-16-11-6-3-4-7-12(11)19-14/h10,15H,3-9H2,1-2H3,(H,16,17,18). The monoisotopic (exact) mass is 281 g/mol. The van der Waals surface area contributed by atoms with E-state index in [1.807, 2.05) is 0 Å². The maximum Gasteiger partial charge on any atom is 0.226 e. The number of carbonyl (C=O) groups is 1. The summed E-state index contributed by atoms with van der Waals surface area (Å²) in [6.07, 6.45) is 6.11. The van der Waals surface area contributed by atoms with Gasteiger partial charge in [0.15, 0.2) is 5.13 Å². The molecule has 1 amide bonds. The molecule has 0 unspecified atom stereocenters. The largest absolute Gasteiger partial charge is 0.315 e. The Bertz CT molecular complexity index is 405. The van der Waals surface area contributed by atoms with Crippen LogP contribution in [-0.2, 0) is 17.6 Å². The van der Waals surface area contributed by atoms with E-state index in [4.69, 9.17) is 0 Å². The second-order valence-electron chi connectivity index (χ2n) is 5.36. The van der Waals surface area contributed by atoms with E-state index < -0.39 is 0 Å². The van der Waals surface area contributed by atoms with Crippen LogP contribution in [0.4, 0.5) is 5.13 Å². The molecule has 0 radical (unpaired) electrons. The molecule has 1 heterocycles. The topological polar surface area (TPSA) is 54.0 Å². The Morgan fingerprint density at radius 1 is 1.37 bits per heavy atom. The Balaban J connectivity index is 1.74. The van der Waals surface area contributed by atoms with Crippen molar-refractivity contribution < 1.29 is 4.79 Å². The Labute approximate surface area is 119 Å². The summed E-state index contributed by atoms with van der Waals surface area (Å²) >= 11 is 1.65. The molecule has 0 saturated carbocycles. The third kappa shape index (κ3) is 4.58. The summed E-state index contributed by atoms with van der Waals surface area (Å²) < 4.78 is 0. The minimum Gasteiger partial charge on any atom is -0.315 e. The van der Waals surface area contributed by atoms with Crippen molar-refractivity contribution in [2.24, 2.45) is 0 Å². The molecule has 1 aromatic heterocycles. The first-order chi connectivity index (χ1) is 9.15. The van der Waals surface area contributed by atoms with Gasteiger partial charge >= 0.3 is 0 Å². The molecule has 106 valence electrons. The first-order valence-corrected chi connectivity index (χ1v) is 7.98. The van der Waals surface area contributed by atoms with Crippen molar-refractivity contribution in [1.29, 1.82) is 0 Å². The fourth-order valence-electron chi connectivity index (χ4n) is 2.23. The summed E-state index contributed by atoms with van der Waals surface area (Å²) in [7, 11) is 0. The summed E-state index contributed by atoms with van der Waals surface area (Å²) in [6, 6.07) is 0.480. The van der Waals surface area contributed by atoms with Crippen molar-refractivity contribution in [3.63, 3.8) is 0 Å². The van der Waals surface area contributed by atoms with Crippen molar-refractivity contribution in [2.75, 3.05) is 11.9 Å². The van der Waals surface area contributed by atoms with Crippen LogP contribution in [0.3, 0.4) is 0 Å². The van der Waals surface area contributed by atoms with Gasteiger partial charge in [0.05, 0.1) is 5.69 Å². The molecule has 1 aliphatic rings. The SMILES string of the molecule is CC(C)NCCCC(=O)Nc1nc2c(s1)CCCC2. The highest BCUT2D eigenvalue weighted by Gasteiger charge is 2.16. The molecule has 0 atom stereocenters. The Hall–Kier alpha value is -0.940. The molecule has 0 aliphatic heterocycles. The summed E-state index contributed by atoms with van der Waals surface area (Å²) in [5.74, 6) is 0.0802. The number of anilines is 1. The van der Waals surface area contributed by atoms with Crippen molar-refractivity contribution in [1.82, 2.24) is 10.3 Å². The predicted molar refractivity (Wildman–Crippen MR) is 79.8 cm³/mol. The first kappa shape index (κ1) is 14.5. The number of hydrogen-bond donors (Lipinski definition) is 2. The molecular formula is C14H23N3OS. The van der Waals surface area contributed by atoms with E-state index in [1.165, 1.54) is 23.4 Å². The van der Waals surface area contributed by atoms with Crippen molar-refractivity contribution in [3.05, 3.63) is 10.6 Å². The van der Waals surface area contributed by atoms with Crippen LogP contribution in [0.1, 0.15) is 50.1 Å². The molecule has 2 rings (SSSR count). The fourth-order valence-corrected chi connectivity index (χ4v) is 3.29. The van der Waals surface area contributed by atoms with Gasteiger partial charge in [0, 0.05) is 17.3 Å². The second-order valence-corrected chi connectivity index (χ2v) is 6.44. The van der Waals surface area contributed by atoms with Gasteiger partial charge in [-0.15, -0.1) is 11.3 Å². The van der Waals surface area contributed by atoms with E-state index in [1.54, 1.807) is 11.3 Å². The highest BCUT2D eigenvalue weighted by atomic mass is 32.1. The molecular weight excluding hydrogens is 258 g/mol. The number of hydrogen-bond acceptors (Lipinski definition) is 4. The number of rotatable bonds is 6. The Kier molecular flexibility index (Phi) is 5.34. The normalized spacial score (nSPS) is 14.5. The third-order valence-corrected chi connectivity index (χ3v) is 4.30. The molecule has 2 N–H and O–H groups in total. The van der Waals surface area contributed by atoms with Gasteiger partial charge in [-0.2, -0.15) is 0 Å². The van der Waals surface area contributed by atoms with Crippen LogP contribution in [0.5, 0.6) is 0 Å². The summed E-state index contributed by atoms with van der Waals surface area (Å²) in [5.41, 5.74) is 1.20. The van der Waals surface area contributed by atoms with Gasteiger partial charge in [0.2, 0.25) is 5.91 Å². The van der Waals surface area contributed by atoms with Gasteiger partial charge in [-0.3, -0.25) is 4.79 Å². The van der Waals surface area contributed by atoms with Crippen molar-refractivity contribution >= 4 is 22.4 Å². The van der Waals surface area contributed by atoms with Crippen molar-refractivity contribution in [2.45, 2.75) is 58.4 Å². The van der Waals surface area contributed by atoms with E-state index in [0.29, 0.717) is 12.5 Å². The maximum atomic E-state index is 11.8. The molecule has 0 aromatic carbocycles. The molecule has 0 bridgehead atoms. The number of aryl methyl sites for hydroxylation is 2. The van der Waals surface area contributed by atoms with E-state index in [0.717, 1.165) is 30.9 Å². The van der Waals surface area contributed by atoms with Gasteiger partial charge in [-0.1, -0.05) is 13.8 Å². The summed E-state index contributed by atoms with van der Waals surface area (Å²) in [4.78, 5) is 17.7. The van der Waals surface area contributed by atoms with Gasteiger partial charge in [-0.25, -0.2) is 4.98 Å². The minimum absolute atomic E-state index is 0.0802. The Morgan fingerprint density at radius 2 is 2.16 bits per heavy atom. The number of aromatic nitrogens is 1. The molecule has 0 saturated heterocycles. The van der Waals surface area contributed by atoms with E-state index in [2.05, 4.69) is 29.5 Å². The molecule has 0 fully saturated rings. The third-order valence-electron chi connectivity index (χ3n) is 3.23. The lowest BCUT2D eigenvalue weighted by atomic mass is 10.0.